The number of carbonyl (C=O) groups is 2. The predicted octanol–water partition coefficient (Wildman–Crippen LogP) is 5.05. The Labute approximate surface area is 203 Å². The standard InChI is InChI=1S/C23H17ClF3N3O4S/c1-14-21(31)30(18-5-7-19(8-6-18)35(33,34)23(25,26)27)22(32)29(14)13-16-9-10-28-12-20(16)15-3-2-4-17(24)11-15/h2-12,14H,13H2,1H3. The molecule has 0 saturated carbocycles. The topological polar surface area (TPSA) is 87.7 Å². The zero-order chi connectivity index (χ0) is 25.5. The summed E-state index contributed by atoms with van der Waals surface area (Å²) >= 11 is 6.10. The van der Waals surface area contributed by atoms with Gasteiger partial charge in [-0.05, 0) is 60.5 Å². The fourth-order valence-corrected chi connectivity index (χ4v) is 4.67. The molecular formula is C23H17ClF3N3O4S. The van der Waals surface area contributed by atoms with E-state index in [9.17, 15) is 31.2 Å². The van der Waals surface area contributed by atoms with Crippen LogP contribution in [0.1, 0.15) is 12.5 Å². The van der Waals surface area contributed by atoms with Crippen LogP contribution in [0.2, 0.25) is 5.02 Å². The first-order valence-corrected chi connectivity index (χ1v) is 12.0. The van der Waals surface area contributed by atoms with Crippen molar-refractivity contribution in [2.75, 3.05) is 4.90 Å². The normalized spacial score (nSPS) is 16.8. The molecule has 2 aromatic carbocycles. The smallest absolute Gasteiger partial charge is 0.308 e. The van der Waals surface area contributed by atoms with Crippen LogP contribution in [0.15, 0.2) is 71.9 Å². The maximum absolute atomic E-state index is 13.2. The number of hydrogen-bond acceptors (Lipinski definition) is 5. The summed E-state index contributed by atoms with van der Waals surface area (Å²) in [6.07, 6.45) is 3.17. The summed E-state index contributed by atoms with van der Waals surface area (Å²) < 4.78 is 61.6. The van der Waals surface area contributed by atoms with E-state index in [1.54, 1.807) is 36.7 Å². The number of halogens is 4. The minimum absolute atomic E-state index is 0.0414. The zero-order valence-electron chi connectivity index (χ0n) is 18.0. The van der Waals surface area contributed by atoms with Crippen molar-refractivity contribution in [3.05, 3.63) is 77.6 Å². The van der Waals surface area contributed by atoms with Crippen LogP contribution in [-0.2, 0) is 21.2 Å². The van der Waals surface area contributed by atoms with Crippen LogP contribution in [0.25, 0.3) is 11.1 Å². The second-order valence-electron chi connectivity index (χ2n) is 7.75. The molecule has 0 bridgehead atoms. The zero-order valence-corrected chi connectivity index (χ0v) is 19.6. The SMILES string of the molecule is CC1C(=O)N(c2ccc(S(=O)(=O)C(F)(F)F)cc2)C(=O)N1Cc1ccncc1-c1cccc(Cl)c1. The maximum atomic E-state index is 13.2. The van der Waals surface area contributed by atoms with Crippen molar-refractivity contribution in [3.8, 4) is 11.1 Å². The molecule has 0 aliphatic carbocycles. The van der Waals surface area contributed by atoms with Crippen LogP contribution in [0.4, 0.5) is 23.7 Å². The van der Waals surface area contributed by atoms with Gasteiger partial charge in [0.05, 0.1) is 10.6 Å². The Kier molecular flexibility index (Phi) is 6.32. The molecule has 1 aliphatic rings. The van der Waals surface area contributed by atoms with Gasteiger partial charge in [0.1, 0.15) is 6.04 Å². The van der Waals surface area contributed by atoms with Crippen molar-refractivity contribution in [1.29, 1.82) is 0 Å². The van der Waals surface area contributed by atoms with Gasteiger partial charge in [-0.1, -0.05) is 23.7 Å². The quantitative estimate of drug-likeness (QED) is 0.437. The lowest BCUT2D eigenvalue weighted by Crippen LogP contribution is -2.33. The molecule has 4 rings (SSSR count). The number of urea groups is 1. The van der Waals surface area contributed by atoms with E-state index in [1.807, 2.05) is 6.07 Å². The summed E-state index contributed by atoms with van der Waals surface area (Å²) in [5.41, 5.74) is -3.33. The Morgan fingerprint density at radius 1 is 1.06 bits per heavy atom. The van der Waals surface area contributed by atoms with E-state index in [0.29, 0.717) is 28.3 Å². The molecule has 1 aliphatic heterocycles. The molecule has 3 amide bonds. The Balaban J connectivity index is 1.63. The molecule has 1 unspecified atom stereocenters. The lowest BCUT2D eigenvalue weighted by molar-refractivity contribution is -0.119. The Bertz CT molecular complexity index is 1410. The molecular weight excluding hydrogens is 507 g/mol. The van der Waals surface area contributed by atoms with Crippen molar-refractivity contribution in [2.24, 2.45) is 0 Å². The predicted molar refractivity (Wildman–Crippen MR) is 122 cm³/mol. The van der Waals surface area contributed by atoms with Gasteiger partial charge in [-0.15, -0.1) is 0 Å². The van der Waals surface area contributed by atoms with Gasteiger partial charge >= 0.3 is 11.5 Å². The number of benzene rings is 2. The van der Waals surface area contributed by atoms with Crippen LogP contribution in [0, 0.1) is 0 Å². The molecule has 2 heterocycles. The first-order chi connectivity index (χ1) is 16.4. The number of hydrogen-bond donors (Lipinski definition) is 0. The minimum atomic E-state index is -5.55. The number of aromatic nitrogens is 1. The highest BCUT2D eigenvalue weighted by atomic mass is 35.5. The van der Waals surface area contributed by atoms with Crippen molar-refractivity contribution in [2.45, 2.75) is 29.9 Å². The van der Waals surface area contributed by atoms with Gasteiger partial charge in [0, 0.05) is 29.5 Å². The van der Waals surface area contributed by atoms with Crippen LogP contribution >= 0.6 is 11.6 Å². The van der Waals surface area contributed by atoms with E-state index in [2.05, 4.69) is 4.98 Å². The van der Waals surface area contributed by atoms with Crippen molar-refractivity contribution in [3.63, 3.8) is 0 Å². The van der Waals surface area contributed by atoms with Crippen molar-refractivity contribution < 1.29 is 31.2 Å². The first-order valence-electron chi connectivity index (χ1n) is 10.2. The minimum Gasteiger partial charge on any atom is -0.308 e. The average molecular weight is 524 g/mol. The number of nitrogens with zero attached hydrogens (tertiary/aromatic N) is 3. The Morgan fingerprint density at radius 2 is 1.74 bits per heavy atom. The highest BCUT2D eigenvalue weighted by Gasteiger charge is 2.47. The van der Waals surface area contributed by atoms with Crippen molar-refractivity contribution >= 4 is 39.1 Å². The molecule has 1 fully saturated rings. The number of imide groups is 1. The molecule has 3 aromatic rings. The monoisotopic (exact) mass is 523 g/mol. The number of sulfone groups is 1. The third-order valence-electron chi connectivity index (χ3n) is 5.58. The highest BCUT2D eigenvalue weighted by molar-refractivity contribution is 7.92. The Morgan fingerprint density at radius 3 is 2.37 bits per heavy atom. The molecule has 0 spiro atoms. The number of anilines is 1. The number of amides is 3. The third-order valence-corrected chi connectivity index (χ3v) is 7.32. The number of alkyl halides is 3. The summed E-state index contributed by atoms with van der Waals surface area (Å²) in [7, 11) is -5.55. The molecule has 1 atom stereocenters. The van der Waals surface area contributed by atoms with Gasteiger partial charge < -0.3 is 4.90 Å². The summed E-state index contributed by atoms with van der Waals surface area (Å²) in [5, 5.41) is 0.514. The number of carbonyl (C=O) groups excluding carboxylic acids is 2. The lowest BCUT2D eigenvalue weighted by Gasteiger charge is -2.21. The molecule has 0 radical (unpaired) electrons. The second kappa shape index (κ2) is 8.97. The average Bonchev–Trinajstić information content (AvgIpc) is 3.02. The van der Waals surface area contributed by atoms with E-state index < -0.39 is 38.2 Å². The highest BCUT2D eigenvalue weighted by Crippen LogP contribution is 2.33. The fraction of sp³-hybridized carbons (Fsp3) is 0.174. The van der Waals surface area contributed by atoms with Crippen LogP contribution in [-0.4, -0.2) is 41.8 Å². The Hall–Kier alpha value is -3.44. The number of pyridine rings is 1. The lowest BCUT2D eigenvalue weighted by atomic mass is 10.0. The van der Waals surface area contributed by atoms with Gasteiger partial charge in [0.15, 0.2) is 0 Å². The van der Waals surface area contributed by atoms with Gasteiger partial charge in [-0.3, -0.25) is 9.78 Å². The summed E-state index contributed by atoms with van der Waals surface area (Å²) in [5.74, 6) is -0.597. The van der Waals surface area contributed by atoms with E-state index in [0.717, 1.165) is 22.6 Å². The molecule has 182 valence electrons. The van der Waals surface area contributed by atoms with Crippen molar-refractivity contribution in [1.82, 2.24) is 9.88 Å². The van der Waals surface area contributed by atoms with E-state index in [4.69, 9.17) is 11.6 Å². The fourth-order valence-electron chi connectivity index (χ4n) is 3.72. The molecule has 12 heteroatoms. The molecule has 1 saturated heterocycles. The third kappa shape index (κ3) is 4.48. The number of rotatable bonds is 5. The van der Waals surface area contributed by atoms with E-state index >= 15 is 0 Å². The summed E-state index contributed by atoms with van der Waals surface area (Å²) in [6.45, 7) is 1.58. The van der Waals surface area contributed by atoms with Gasteiger partial charge in [-0.25, -0.2) is 18.1 Å². The van der Waals surface area contributed by atoms with Crippen LogP contribution < -0.4 is 4.90 Å². The van der Waals surface area contributed by atoms with Gasteiger partial charge in [0.25, 0.3) is 15.7 Å². The summed E-state index contributed by atoms with van der Waals surface area (Å²) in [4.78, 5) is 31.3. The van der Waals surface area contributed by atoms with Gasteiger partial charge in [0.2, 0.25) is 0 Å². The first kappa shape index (κ1) is 24.7. The van der Waals surface area contributed by atoms with Gasteiger partial charge in [-0.2, -0.15) is 13.2 Å². The molecule has 0 N–H and O–H groups in total. The summed E-state index contributed by atoms with van der Waals surface area (Å²) in [6, 6.07) is 10.6. The maximum Gasteiger partial charge on any atom is 0.501 e. The van der Waals surface area contributed by atoms with E-state index in [-0.39, 0.29) is 12.2 Å². The second-order valence-corrected chi connectivity index (χ2v) is 10.1. The van der Waals surface area contributed by atoms with Crippen LogP contribution in [0.5, 0.6) is 0 Å². The van der Waals surface area contributed by atoms with E-state index in [1.165, 1.54) is 11.8 Å². The molecule has 35 heavy (non-hydrogen) atoms. The van der Waals surface area contributed by atoms with Crippen LogP contribution in [0.3, 0.4) is 0 Å². The molecule has 1 aromatic heterocycles. The largest absolute Gasteiger partial charge is 0.501 e. The molecule has 7 nitrogen and oxygen atoms in total.